The number of fused-ring (bicyclic) bond motifs is 1. The SMILES string of the molecule is C=C1[C@H](CO)[C@@H](O[C@@H]2O[C@H](C(=O)O)[C@@H](O)[C@H](O)[C@H]2O)C[C@@H]1n1cnc2c(=O)[nH]c(N)nc21. The maximum absolute atomic E-state index is 12.1. The number of aromatic nitrogens is 4. The number of H-pyrrole nitrogens is 1. The number of carbonyl (C=O) groups is 1. The number of hydrogen-bond acceptors (Lipinski definition) is 11. The average molecular weight is 453 g/mol. The van der Waals surface area contributed by atoms with Crippen LogP contribution in [0.2, 0.25) is 0 Å². The molecule has 1 aliphatic carbocycles. The van der Waals surface area contributed by atoms with Crippen molar-refractivity contribution in [3.05, 3.63) is 28.8 Å². The molecule has 8 N–H and O–H groups in total. The van der Waals surface area contributed by atoms with Crippen LogP contribution in [0, 0.1) is 5.92 Å². The molecule has 0 radical (unpaired) electrons. The van der Waals surface area contributed by atoms with Crippen molar-refractivity contribution in [2.24, 2.45) is 5.92 Å². The summed E-state index contributed by atoms with van der Waals surface area (Å²) >= 11 is 0. The van der Waals surface area contributed by atoms with E-state index in [1.807, 2.05) is 0 Å². The Bertz CT molecular complexity index is 1100. The standard InChI is InChI=1S/C18H23N5O9/c1-5-6(3-24)8(31-17-12(27)10(25)11(26)13(32-17)16(29)30)2-7(5)23-4-20-9-14(23)21-18(19)22-15(9)28/h4,6-8,10-13,17,24-27H,1-3H2,(H,29,30)(H3,19,21,22,28)/t6-,7-,8-,10-,11-,12+,13-,17+/m0/s1. The lowest BCUT2D eigenvalue weighted by Crippen LogP contribution is -2.61. The molecule has 0 spiro atoms. The summed E-state index contributed by atoms with van der Waals surface area (Å²) in [6.07, 6.45) is -8.07. The number of hydrogen-bond donors (Lipinski definition) is 7. The van der Waals surface area contributed by atoms with Gasteiger partial charge in [-0.25, -0.2) is 9.78 Å². The van der Waals surface area contributed by atoms with E-state index in [4.69, 9.17) is 15.2 Å². The van der Waals surface area contributed by atoms with Crippen LogP contribution in [-0.4, -0.2) is 94.4 Å². The van der Waals surface area contributed by atoms with Crippen LogP contribution in [0.4, 0.5) is 5.95 Å². The van der Waals surface area contributed by atoms with Crippen molar-refractivity contribution in [1.82, 2.24) is 19.5 Å². The molecule has 14 heteroatoms. The van der Waals surface area contributed by atoms with Gasteiger partial charge in [0.25, 0.3) is 5.56 Å². The Morgan fingerprint density at radius 1 is 1.34 bits per heavy atom. The average Bonchev–Trinajstić information content (AvgIpc) is 3.28. The number of nitrogens with two attached hydrogens (primary N) is 1. The normalized spacial score (nSPS) is 35.4. The van der Waals surface area contributed by atoms with E-state index in [0.717, 1.165) is 0 Å². The van der Waals surface area contributed by atoms with Crippen molar-refractivity contribution in [1.29, 1.82) is 0 Å². The second-order valence-corrected chi connectivity index (χ2v) is 7.80. The predicted octanol–water partition coefficient (Wildman–Crippen LogP) is -2.91. The van der Waals surface area contributed by atoms with Crippen molar-refractivity contribution in [3.63, 3.8) is 0 Å². The molecule has 0 unspecified atom stereocenters. The number of imidazole rings is 1. The summed E-state index contributed by atoms with van der Waals surface area (Å²) < 4.78 is 12.5. The summed E-state index contributed by atoms with van der Waals surface area (Å²) in [6, 6.07) is -0.526. The lowest BCUT2D eigenvalue weighted by molar-refractivity contribution is -0.306. The maximum atomic E-state index is 12.1. The van der Waals surface area contributed by atoms with Gasteiger partial charge in [0.1, 0.15) is 18.3 Å². The Morgan fingerprint density at radius 3 is 2.72 bits per heavy atom. The molecule has 0 amide bonds. The summed E-state index contributed by atoms with van der Waals surface area (Å²) in [5, 5.41) is 49.2. The third-order valence-electron chi connectivity index (χ3n) is 5.91. The number of aliphatic hydroxyl groups is 4. The molecule has 2 aliphatic rings. The van der Waals surface area contributed by atoms with Crippen LogP contribution >= 0.6 is 0 Å². The van der Waals surface area contributed by atoms with Gasteiger partial charge in [-0.05, 0) is 12.0 Å². The third-order valence-corrected chi connectivity index (χ3v) is 5.91. The smallest absolute Gasteiger partial charge is 0.335 e. The monoisotopic (exact) mass is 453 g/mol. The highest BCUT2D eigenvalue weighted by atomic mass is 16.7. The van der Waals surface area contributed by atoms with E-state index < -0.39 is 60.3 Å². The van der Waals surface area contributed by atoms with Gasteiger partial charge in [0, 0.05) is 5.92 Å². The molecule has 2 aromatic rings. The van der Waals surface area contributed by atoms with E-state index in [2.05, 4.69) is 21.5 Å². The predicted molar refractivity (Wildman–Crippen MR) is 105 cm³/mol. The second-order valence-electron chi connectivity index (χ2n) is 7.80. The summed E-state index contributed by atoms with van der Waals surface area (Å²) in [7, 11) is 0. The fourth-order valence-electron chi connectivity index (χ4n) is 4.21. The van der Waals surface area contributed by atoms with Crippen LogP contribution in [-0.2, 0) is 14.3 Å². The maximum Gasteiger partial charge on any atom is 0.335 e. The van der Waals surface area contributed by atoms with E-state index >= 15 is 0 Å². The number of carboxylic acids is 1. The first-order valence-corrected chi connectivity index (χ1v) is 9.73. The van der Waals surface area contributed by atoms with Gasteiger partial charge in [-0.2, -0.15) is 4.98 Å². The summed E-state index contributed by atoms with van der Waals surface area (Å²) in [5.41, 5.74) is 5.89. The highest BCUT2D eigenvalue weighted by molar-refractivity contribution is 5.73. The minimum atomic E-state index is -1.85. The third kappa shape index (κ3) is 3.56. The van der Waals surface area contributed by atoms with E-state index in [1.165, 1.54) is 6.33 Å². The fourth-order valence-corrected chi connectivity index (χ4v) is 4.21. The van der Waals surface area contributed by atoms with Crippen LogP contribution in [0.5, 0.6) is 0 Å². The van der Waals surface area contributed by atoms with Crippen LogP contribution < -0.4 is 11.3 Å². The van der Waals surface area contributed by atoms with E-state index in [-0.39, 0.29) is 30.1 Å². The molecule has 1 aliphatic heterocycles. The Hall–Kier alpha value is -2.88. The second kappa shape index (κ2) is 8.23. The number of nitrogen functional groups attached to an aromatic ring is 1. The number of anilines is 1. The Kier molecular flexibility index (Phi) is 5.74. The molecule has 1 saturated heterocycles. The zero-order valence-electron chi connectivity index (χ0n) is 16.6. The summed E-state index contributed by atoms with van der Waals surface area (Å²) in [6.45, 7) is 3.62. The molecule has 3 heterocycles. The van der Waals surface area contributed by atoms with Crippen molar-refractivity contribution < 1.29 is 39.8 Å². The zero-order valence-corrected chi connectivity index (χ0v) is 16.6. The van der Waals surface area contributed by atoms with Gasteiger partial charge in [-0.1, -0.05) is 6.58 Å². The Balaban J connectivity index is 1.61. The topological polar surface area (TPSA) is 226 Å². The van der Waals surface area contributed by atoms with Crippen LogP contribution in [0.15, 0.2) is 23.3 Å². The molecule has 2 fully saturated rings. The van der Waals surface area contributed by atoms with Gasteiger partial charge >= 0.3 is 5.97 Å². The van der Waals surface area contributed by atoms with Gasteiger partial charge in [-0.3, -0.25) is 9.78 Å². The van der Waals surface area contributed by atoms with Gasteiger partial charge in [-0.15, -0.1) is 0 Å². The first kappa shape index (κ1) is 22.3. The number of ether oxygens (including phenoxy) is 2. The highest BCUT2D eigenvalue weighted by Crippen LogP contribution is 2.42. The molecule has 0 bridgehead atoms. The molecule has 4 rings (SSSR count). The zero-order chi connectivity index (χ0) is 23.3. The van der Waals surface area contributed by atoms with Crippen molar-refractivity contribution in [2.45, 2.75) is 49.3 Å². The van der Waals surface area contributed by atoms with Gasteiger partial charge < -0.3 is 45.3 Å². The lowest BCUT2D eigenvalue weighted by atomic mass is 9.98. The first-order valence-electron chi connectivity index (χ1n) is 9.73. The van der Waals surface area contributed by atoms with E-state index in [9.17, 15) is 35.1 Å². The number of nitrogens with zero attached hydrogens (tertiary/aromatic N) is 3. The minimum absolute atomic E-state index is 0.0596. The number of aliphatic carboxylic acids is 1. The van der Waals surface area contributed by atoms with Crippen molar-refractivity contribution >= 4 is 23.1 Å². The molecule has 174 valence electrons. The van der Waals surface area contributed by atoms with Crippen LogP contribution in [0.3, 0.4) is 0 Å². The molecule has 0 aromatic carbocycles. The molecule has 1 saturated carbocycles. The molecular weight excluding hydrogens is 430 g/mol. The largest absolute Gasteiger partial charge is 0.479 e. The van der Waals surface area contributed by atoms with E-state index in [1.54, 1.807) is 4.57 Å². The summed E-state index contributed by atoms with van der Waals surface area (Å²) in [5.74, 6) is -2.30. The highest BCUT2D eigenvalue weighted by Gasteiger charge is 2.50. The van der Waals surface area contributed by atoms with Crippen molar-refractivity contribution in [3.8, 4) is 0 Å². The fraction of sp³-hybridized carbons (Fsp3) is 0.556. The number of carboxylic acid groups (broad SMARTS) is 1. The van der Waals surface area contributed by atoms with Crippen LogP contribution in [0.1, 0.15) is 12.5 Å². The van der Waals surface area contributed by atoms with Crippen LogP contribution in [0.25, 0.3) is 11.2 Å². The number of nitrogens with one attached hydrogen (secondary N) is 1. The molecular formula is C18H23N5O9. The number of rotatable bonds is 5. The number of aromatic amines is 1. The first-order chi connectivity index (χ1) is 15.1. The number of aliphatic hydroxyl groups excluding tert-OH is 4. The minimum Gasteiger partial charge on any atom is -0.479 e. The Labute approximate surface area is 179 Å². The summed E-state index contributed by atoms with van der Waals surface area (Å²) in [4.78, 5) is 33.9. The van der Waals surface area contributed by atoms with E-state index in [0.29, 0.717) is 5.57 Å². The van der Waals surface area contributed by atoms with Gasteiger partial charge in [0.2, 0.25) is 5.95 Å². The van der Waals surface area contributed by atoms with Gasteiger partial charge in [0.05, 0.1) is 25.1 Å². The molecule has 14 nitrogen and oxygen atoms in total. The lowest BCUT2D eigenvalue weighted by Gasteiger charge is -2.40. The molecule has 8 atom stereocenters. The Morgan fingerprint density at radius 2 is 2.06 bits per heavy atom. The van der Waals surface area contributed by atoms with Gasteiger partial charge in [0.15, 0.2) is 23.6 Å². The molecule has 2 aromatic heterocycles. The quantitative estimate of drug-likeness (QED) is 0.226. The molecule has 32 heavy (non-hydrogen) atoms. The van der Waals surface area contributed by atoms with Crippen molar-refractivity contribution in [2.75, 3.05) is 12.3 Å².